The molecule has 0 radical (unpaired) electrons. The lowest BCUT2D eigenvalue weighted by molar-refractivity contribution is -0.151. The van der Waals surface area contributed by atoms with Crippen molar-refractivity contribution >= 4 is 5.97 Å². The smallest absolute Gasteiger partial charge is 0.324 e. The number of unbranched alkanes of at least 4 members (excludes halogenated alkanes) is 12. The van der Waals surface area contributed by atoms with Crippen LogP contribution in [0.5, 0.6) is 0 Å². The zero-order valence-corrected chi connectivity index (χ0v) is 14.7. The zero-order valence-electron chi connectivity index (χ0n) is 14.7. The van der Waals surface area contributed by atoms with Crippen LogP contribution in [0.2, 0.25) is 0 Å². The van der Waals surface area contributed by atoms with Crippen LogP contribution < -0.4 is 11.2 Å². The SMILES string of the molecule is CCCCCCCCCCCCCCCC(=O)ONCCN. The van der Waals surface area contributed by atoms with Crippen LogP contribution in [0, 0.1) is 0 Å². The fourth-order valence-corrected chi connectivity index (χ4v) is 2.53. The van der Waals surface area contributed by atoms with Gasteiger partial charge in [0.1, 0.15) is 0 Å². The molecule has 0 unspecified atom stereocenters. The highest BCUT2D eigenvalue weighted by Crippen LogP contribution is 2.12. The predicted molar refractivity (Wildman–Crippen MR) is 93.5 cm³/mol. The molecule has 0 bridgehead atoms. The van der Waals surface area contributed by atoms with Crippen molar-refractivity contribution in [2.45, 2.75) is 96.8 Å². The van der Waals surface area contributed by atoms with Gasteiger partial charge in [-0.05, 0) is 6.42 Å². The van der Waals surface area contributed by atoms with Crippen molar-refractivity contribution in [1.82, 2.24) is 5.48 Å². The second-order valence-electron chi connectivity index (χ2n) is 6.15. The highest BCUT2D eigenvalue weighted by Gasteiger charge is 2.02. The van der Waals surface area contributed by atoms with Crippen molar-refractivity contribution in [3.05, 3.63) is 0 Å². The molecule has 4 nitrogen and oxygen atoms in total. The van der Waals surface area contributed by atoms with Gasteiger partial charge in [-0.1, -0.05) is 84.0 Å². The molecule has 0 saturated carbocycles. The van der Waals surface area contributed by atoms with Gasteiger partial charge in [-0.25, -0.2) is 0 Å². The molecule has 22 heavy (non-hydrogen) atoms. The molecule has 0 atom stereocenters. The maximum Gasteiger partial charge on any atom is 0.324 e. The van der Waals surface area contributed by atoms with Crippen LogP contribution in [0.4, 0.5) is 0 Å². The molecule has 0 spiro atoms. The van der Waals surface area contributed by atoms with Crippen molar-refractivity contribution < 1.29 is 9.63 Å². The zero-order chi connectivity index (χ0) is 16.3. The predicted octanol–water partition coefficient (Wildman–Crippen LogP) is 4.47. The minimum atomic E-state index is -0.170. The van der Waals surface area contributed by atoms with Gasteiger partial charge in [0.25, 0.3) is 0 Å². The van der Waals surface area contributed by atoms with Gasteiger partial charge in [-0.3, -0.25) is 4.79 Å². The van der Waals surface area contributed by atoms with Crippen LogP contribution in [0.15, 0.2) is 0 Å². The Labute approximate surface area is 137 Å². The molecule has 0 aliphatic heterocycles. The van der Waals surface area contributed by atoms with E-state index in [-0.39, 0.29) is 5.97 Å². The Kier molecular flexibility index (Phi) is 17.9. The first-order valence-electron chi connectivity index (χ1n) is 9.43. The summed E-state index contributed by atoms with van der Waals surface area (Å²) in [5.74, 6) is -0.170. The summed E-state index contributed by atoms with van der Waals surface area (Å²) in [7, 11) is 0. The van der Waals surface area contributed by atoms with E-state index in [4.69, 9.17) is 10.6 Å². The van der Waals surface area contributed by atoms with E-state index in [1.54, 1.807) is 0 Å². The molecular formula is C18H38N2O2. The molecule has 0 aromatic heterocycles. The molecule has 0 fully saturated rings. The number of carbonyl (C=O) groups excluding carboxylic acids is 1. The summed E-state index contributed by atoms with van der Waals surface area (Å²) in [5.41, 5.74) is 7.84. The summed E-state index contributed by atoms with van der Waals surface area (Å²) in [6.45, 7) is 3.26. The number of nitrogens with one attached hydrogen (secondary N) is 1. The number of rotatable bonds is 17. The summed E-state index contributed by atoms with van der Waals surface area (Å²) in [6.07, 6.45) is 17.6. The van der Waals surface area contributed by atoms with E-state index in [0.717, 1.165) is 12.8 Å². The van der Waals surface area contributed by atoms with Crippen molar-refractivity contribution in [3.8, 4) is 0 Å². The molecule has 0 rings (SSSR count). The van der Waals surface area contributed by atoms with E-state index >= 15 is 0 Å². The van der Waals surface area contributed by atoms with E-state index in [2.05, 4.69) is 12.4 Å². The lowest BCUT2D eigenvalue weighted by atomic mass is 10.0. The molecule has 0 aliphatic rings. The molecule has 0 amide bonds. The van der Waals surface area contributed by atoms with Crippen molar-refractivity contribution in [2.75, 3.05) is 13.1 Å². The minimum absolute atomic E-state index is 0.170. The van der Waals surface area contributed by atoms with E-state index in [0.29, 0.717) is 19.5 Å². The topological polar surface area (TPSA) is 64.3 Å². The first kappa shape index (κ1) is 21.4. The largest absolute Gasteiger partial charge is 0.371 e. The fraction of sp³-hybridized carbons (Fsp3) is 0.944. The molecule has 0 aromatic rings. The van der Waals surface area contributed by atoms with Gasteiger partial charge in [-0.2, -0.15) is 5.48 Å². The van der Waals surface area contributed by atoms with Crippen LogP contribution in [-0.2, 0) is 9.63 Å². The normalized spacial score (nSPS) is 10.8. The third kappa shape index (κ3) is 17.4. The second kappa shape index (κ2) is 18.4. The highest BCUT2D eigenvalue weighted by atomic mass is 16.7. The van der Waals surface area contributed by atoms with Crippen molar-refractivity contribution in [3.63, 3.8) is 0 Å². The third-order valence-corrected chi connectivity index (χ3v) is 3.92. The average Bonchev–Trinajstić information content (AvgIpc) is 2.52. The first-order chi connectivity index (χ1) is 10.8. The summed E-state index contributed by atoms with van der Waals surface area (Å²) >= 11 is 0. The van der Waals surface area contributed by atoms with Gasteiger partial charge >= 0.3 is 5.97 Å². The molecule has 3 N–H and O–H groups in total. The number of hydroxylamine groups is 1. The molecule has 4 heteroatoms. The molecule has 0 aromatic carbocycles. The molecular weight excluding hydrogens is 276 g/mol. The lowest BCUT2D eigenvalue weighted by Crippen LogP contribution is -2.25. The third-order valence-electron chi connectivity index (χ3n) is 3.92. The maximum atomic E-state index is 11.3. The van der Waals surface area contributed by atoms with Gasteiger partial charge < -0.3 is 10.6 Å². The van der Waals surface area contributed by atoms with Gasteiger partial charge in [0.15, 0.2) is 0 Å². The van der Waals surface area contributed by atoms with Crippen LogP contribution in [0.1, 0.15) is 96.8 Å². The maximum absolute atomic E-state index is 11.3. The second-order valence-corrected chi connectivity index (χ2v) is 6.15. The average molecular weight is 315 g/mol. The first-order valence-corrected chi connectivity index (χ1v) is 9.43. The summed E-state index contributed by atoms with van der Waals surface area (Å²) in [6, 6.07) is 0. The molecule has 0 saturated heterocycles. The monoisotopic (exact) mass is 314 g/mol. The Morgan fingerprint density at radius 3 is 1.73 bits per heavy atom. The van der Waals surface area contributed by atoms with Crippen molar-refractivity contribution in [1.29, 1.82) is 0 Å². The molecule has 132 valence electrons. The lowest BCUT2D eigenvalue weighted by Gasteiger charge is -2.04. The number of hydrogen-bond donors (Lipinski definition) is 2. The van der Waals surface area contributed by atoms with Gasteiger partial charge in [0.2, 0.25) is 0 Å². The van der Waals surface area contributed by atoms with E-state index in [9.17, 15) is 4.79 Å². The Morgan fingerprint density at radius 2 is 1.27 bits per heavy atom. The van der Waals surface area contributed by atoms with Crippen LogP contribution >= 0.6 is 0 Å². The minimum Gasteiger partial charge on any atom is -0.371 e. The Balaban J connectivity index is 3.06. The fourth-order valence-electron chi connectivity index (χ4n) is 2.53. The van der Waals surface area contributed by atoms with Crippen LogP contribution in [0.3, 0.4) is 0 Å². The van der Waals surface area contributed by atoms with E-state index in [1.807, 2.05) is 0 Å². The standard InChI is InChI=1S/C18H38N2O2/c1-2-3-4-5-6-7-8-9-10-11-12-13-14-15-18(21)22-20-17-16-19/h20H,2-17,19H2,1H3. The van der Waals surface area contributed by atoms with E-state index < -0.39 is 0 Å². The number of hydrogen-bond acceptors (Lipinski definition) is 4. The number of carbonyl (C=O) groups is 1. The molecule has 0 aliphatic carbocycles. The molecule has 0 heterocycles. The Bertz CT molecular complexity index is 235. The summed E-state index contributed by atoms with van der Waals surface area (Å²) in [5, 5.41) is 0. The highest BCUT2D eigenvalue weighted by molar-refractivity contribution is 5.68. The van der Waals surface area contributed by atoms with E-state index in [1.165, 1.54) is 70.6 Å². The summed E-state index contributed by atoms with van der Waals surface area (Å²) in [4.78, 5) is 16.1. The summed E-state index contributed by atoms with van der Waals surface area (Å²) < 4.78 is 0. The van der Waals surface area contributed by atoms with Gasteiger partial charge in [0, 0.05) is 19.5 Å². The van der Waals surface area contributed by atoms with Gasteiger partial charge in [0.05, 0.1) is 0 Å². The number of nitrogens with two attached hydrogens (primary N) is 1. The Morgan fingerprint density at radius 1 is 0.818 bits per heavy atom. The quantitative estimate of drug-likeness (QED) is 0.307. The van der Waals surface area contributed by atoms with Gasteiger partial charge in [-0.15, -0.1) is 0 Å². The van der Waals surface area contributed by atoms with Crippen LogP contribution in [0.25, 0.3) is 0 Å². The van der Waals surface area contributed by atoms with Crippen molar-refractivity contribution in [2.24, 2.45) is 5.73 Å². The van der Waals surface area contributed by atoms with Crippen LogP contribution in [-0.4, -0.2) is 19.1 Å². The Hall–Kier alpha value is -0.610.